The van der Waals surface area contributed by atoms with Gasteiger partial charge in [-0.2, -0.15) is 0 Å². The van der Waals surface area contributed by atoms with Crippen molar-refractivity contribution in [1.29, 1.82) is 0 Å². The molecule has 11 aromatic rings. The molecule has 74 heavy (non-hydrogen) atoms. The Morgan fingerprint density at radius 3 is 0.851 bits per heavy atom. The minimum atomic E-state index is -0.111. The van der Waals surface area contributed by atoms with Crippen LogP contribution in [0.5, 0.6) is 0 Å². The van der Waals surface area contributed by atoms with E-state index in [1.807, 2.05) is 0 Å². The molecular weight excluding hydrogens is 893 g/mol. The zero-order valence-electron chi connectivity index (χ0n) is 49.3. The van der Waals surface area contributed by atoms with Crippen molar-refractivity contribution in [3.8, 4) is 22.3 Å². The van der Waals surface area contributed by atoms with Crippen LogP contribution in [0.3, 0.4) is 0 Å². The van der Waals surface area contributed by atoms with Crippen molar-refractivity contribution >= 4 is 76.2 Å². The molecule has 0 N–H and O–H groups in total. The van der Waals surface area contributed by atoms with Gasteiger partial charge in [-0.15, -0.1) is 0 Å². The molecule has 382 valence electrons. The molecule has 0 unspecified atom stereocenters. The Balaban J connectivity index is 1.43. The summed E-state index contributed by atoms with van der Waals surface area (Å²) in [5.74, 6) is 0.744. The topological polar surface area (TPSA) is 8.82 Å². The second-order valence-corrected chi connectivity index (χ2v) is 29.7. The van der Waals surface area contributed by atoms with E-state index in [9.17, 15) is 0 Å². The summed E-state index contributed by atoms with van der Waals surface area (Å²) in [4.78, 5) is 0. The van der Waals surface area contributed by atoms with Gasteiger partial charge in [0, 0.05) is 43.1 Å². The molecule has 0 radical (unpaired) electrons. The van der Waals surface area contributed by atoms with E-state index in [2.05, 4.69) is 258 Å². The van der Waals surface area contributed by atoms with Crippen LogP contribution in [0.2, 0.25) is 0 Å². The summed E-state index contributed by atoms with van der Waals surface area (Å²) in [6.45, 7) is 52.3. The van der Waals surface area contributed by atoms with Gasteiger partial charge in [0.25, 0.3) is 0 Å². The minimum Gasteiger partial charge on any atom is -0.308 e. The molecule has 11 rings (SSSR count). The Morgan fingerprint density at radius 2 is 0.581 bits per heavy atom. The van der Waals surface area contributed by atoms with Crippen LogP contribution in [-0.4, -0.2) is 8.80 Å². The molecule has 0 aliphatic rings. The summed E-state index contributed by atoms with van der Waals surface area (Å²) < 4.78 is 5.46. The van der Waals surface area contributed by atoms with Gasteiger partial charge in [0.1, 0.15) is 0 Å². The molecule has 0 bridgehead atoms. The van der Waals surface area contributed by atoms with Crippen LogP contribution < -0.4 is 0 Å². The Morgan fingerprint density at radius 1 is 0.284 bits per heavy atom. The molecule has 0 aliphatic heterocycles. The highest BCUT2D eigenvalue weighted by Gasteiger charge is 2.34. The maximum Gasteiger partial charge on any atom is 0.0634 e. The van der Waals surface area contributed by atoms with Crippen molar-refractivity contribution in [2.24, 2.45) is 0 Å². The van der Waals surface area contributed by atoms with Crippen LogP contribution in [-0.2, 0) is 32.5 Å². The van der Waals surface area contributed by atoms with Crippen molar-refractivity contribution in [3.05, 3.63) is 142 Å². The third-order valence-corrected chi connectivity index (χ3v) is 17.1. The highest BCUT2D eigenvalue weighted by Crippen LogP contribution is 2.55. The molecule has 0 saturated carbocycles. The largest absolute Gasteiger partial charge is 0.308 e. The van der Waals surface area contributed by atoms with Gasteiger partial charge in [0.05, 0.1) is 33.1 Å². The zero-order chi connectivity index (χ0) is 53.6. The predicted molar refractivity (Wildman–Crippen MR) is 327 cm³/mol. The van der Waals surface area contributed by atoms with Crippen LogP contribution in [0.25, 0.3) is 98.4 Å². The number of hydrogen-bond donors (Lipinski definition) is 0. The lowest BCUT2D eigenvalue weighted by molar-refractivity contribution is 0.568. The van der Waals surface area contributed by atoms with E-state index in [1.165, 1.54) is 143 Å². The van der Waals surface area contributed by atoms with Crippen molar-refractivity contribution < 1.29 is 0 Å². The van der Waals surface area contributed by atoms with E-state index < -0.39 is 0 Å². The molecule has 0 amide bonds. The second-order valence-electron chi connectivity index (χ2n) is 29.7. The highest BCUT2D eigenvalue weighted by atomic mass is 15.0. The van der Waals surface area contributed by atoms with Gasteiger partial charge in [-0.25, -0.2) is 0 Å². The van der Waals surface area contributed by atoms with Gasteiger partial charge in [-0.05, 0) is 147 Å². The number of fused-ring (bicyclic) bond motifs is 14. The average Bonchev–Trinajstić information content (AvgIpc) is 4.01. The van der Waals surface area contributed by atoms with Gasteiger partial charge in [-0.1, -0.05) is 213 Å². The summed E-state index contributed by atoms with van der Waals surface area (Å²) in [5.41, 5.74) is 24.1. The maximum atomic E-state index is 2.73. The molecule has 2 heteroatoms. The van der Waals surface area contributed by atoms with Crippen LogP contribution in [0, 0.1) is 0 Å². The van der Waals surface area contributed by atoms with Gasteiger partial charge >= 0.3 is 0 Å². The van der Waals surface area contributed by atoms with Gasteiger partial charge in [-0.3, -0.25) is 0 Å². The van der Waals surface area contributed by atoms with Crippen molar-refractivity contribution in [1.82, 2.24) is 8.80 Å². The molecule has 0 aliphatic carbocycles. The smallest absolute Gasteiger partial charge is 0.0634 e. The Kier molecular flexibility index (Phi) is 10.8. The first-order valence-electron chi connectivity index (χ1n) is 28.0. The first-order chi connectivity index (χ1) is 34.1. The SMILES string of the molecule is CC(C)c1cc(C(C)(C)C)c2c(c1)c1c3c4cc(-c5cc(C(C)(C)C)cc(C(C)(C)C)c5)ccc4n4c5c(C(C)(C)C)cc(C(C)C)cc5c(c5c6cc(-c7cc(C(C)(C)C)cc(C(C)(C)C)c7)ccc6n2c51)c34. The lowest BCUT2D eigenvalue weighted by atomic mass is 9.79. The van der Waals surface area contributed by atoms with Gasteiger partial charge in [0.2, 0.25) is 0 Å². The molecule has 0 saturated heterocycles. The molecule has 0 fully saturated rings. The summed E-state index contributed by atoms with van der Waals surface area (Å²) in [6.07, 6.45) is 0. The molecule has 0 atom stereocenters. The second kappa shape index (κ2) is 15.8. The van der Waals surface area contributed by atoms with E-state index in [0.717, 1.165) is 0 Å². The monoisotopic (exact) mass is 977 g/mol. The third kappa shape index (κ3) is 7.60. The standard InChI is InChI=1S/C72H84N2/c1-39(2)43-33-53-61-59-51-31-41(45-27-47(67(5,6)7)37-48(28-45)68(8,9)10)24-26-58(51)74-64-54(34-44(40(3)4)36-56(64)72(20,21)22)62(66(59)74)60-52-32-42(46-29-49(69(11,12)13)38-50(30-46)70(14,15)16)23-25-57(52)73(65(60)61)63(53)55(35-43)71(17,18)19/h23-40H,1-22H3. The first-order valence-corrected chi connectivity index (χ1v) is 28.0. The Bertz CT molecular complexity index is 3760. The molecular formula is C72H84N2. The van der Waals surface area contributed by atoms with Crippen LogP contribution >= 0.6 is 0 Å². The Labute approximate surface area is 443 Å². The van der Waals surface area contributed by atoms with E-state index in [-0.39, 0.29) is 32.5 Å². The third-order valence-electron chi connectivity index (χ3n) is 17.1. The van der Waals surface area contributed by atoms with Gasteiger partial charge < -0.3 is 8.80 Å². The summed E-state index contributed by atoms with van der Waals surface area (Å²) >= 11 is 0. The lowest BCUT2D eigenvalue weighted by Gasteiger charge is -2.26. The lowest BCUT2D eigenvalue weighted by Crippen LogP contribution is -2.16. The minimum absolute atomic E-state index is 0.00541. The number of rotatable bonds is 4. The summed E-state index contributed by atoms with van der Waals surface area (Å²) in [7, 11) is 0. The van der Waals surface area contributed by atoms with Crippen LogP contribution in [0.15, 0.2) is 97.1 Å². The van der Waals surface area contributed by atoms with E-state index in [1.54, 1.807) is 0 Å². The molecule has 0 spiro atoms. The fourth-order valence-electron chi connectivity index (χ4n) is 12.5. The number of nitrogens with zero attached hydrogens (tertiary/aromatic N) is 2. The average molecular weight is 977 g/mol. The number of hydrogen-bond acceptors (Lipinski definition) is 0. The summed E-state index contributed by atoms with van der Waals surface area (Å²) in [5, 5.41) is 10.9. The predicted octanol–water partition coefficient (Wildman–Crippen LogP) is 21.4. The number of aromatic nitrogens is 2. The summed E-state index contributed by atoms with van der Waals surface area (Å²) in [6, 6.07) is 40.0. The zero-order valence-corrected chi connectivity index (χ0v) is 49.3. The molecule has 2 nitrogen and oxygen atoms in total. The van der Waals surface area contributed by atoms with E-state index in [4.69, 9.17) is 0 Å². The van der Waals surface area contributed by atoms with Crippen LogP contribution in [0.4, 0.5) is 0 Å². The number of benzene rings is 7. The molecule has 7 aromatic carbocycles. The van der Waals surface area contributed by atoms with E-state index >= 15 is 0 Å². The van der Waals surface area contributed by atoms with Gasteiger partial charge in [0.15, 0.2) is 0 Å². The molecule has 4 heterocycles. The molecule has 4 aromatic heterocycles. The highest BCUT2D eigenvalue weighted by molar-refractivity contribution is 6.45. The quantitative estimate of drug-likeness (QED) is 0.166. The van der Waals surface area contributed by atoms with Crippen molar-refractivity contribution in [3.63, 3.8) is 0 Å². The normalized spacial score (nSPS) is 14.1. The van der Waals surface area contributed by atoms with Crippen LogP contribution in [0.1, 0.15) is 209 Å². The maximum absolute atomic E-state index is 2.73. The van der Waals surface area contributed by atoms with E-state index in [0.29, 0.717) is 11.8 Å². The Hall–Kier alpha value is -5.86. The fourth-order valence-corrected chi connectivity index (χ4v) is 12.5. The first kappa shape index (κ1) is 50.3. The van der Waals surface area contributed by atoms with Crippen molar-refractivity contribution in [2.75, 3.05) is 0 Å². The fraction of sp³-hybridized carbons (Fsp3) is 0.417. The van der Waals surface area contributed by atoms with Crippen molar-refractivity contribution in [2.45, 2.75) is 197 Å².